The highest BCUT2D eigenvalue weighted by molar-refractivity contribution is 6.09. The second-order valence-corrected chi connectivity index (χ2v) is 6.24. The van der Waals surface area contributed by atoms with Crippen molar-refractivity contribution in [1.82, 2.24) is 9.97 Å². The van der Waals surface area contributed by atoms with Gasteiger partial charge in [0.15, 0.2) is 0 Å². The molecule has 0 atom stereocenters. The number of nitro groups is 1. The fourth-order valence-corrected chi connectivity index (χ4v) is 3.01. The van der Waals surface area contributed by atoms with E-state index in [9.17, 15) is 10.1 Å². The molecule has 0 radical (unpaired) electrons. The molecule has 0 aliphatic heterocycles. The summed E-state index contributed by atoms with van der Waals surface area (Å²) in [5, 5.41) is 12.8. The second kappa shape index (κ2) is 6.07. The molecule has 26 heavy (non-hydrogen) atoms. The van der Waals surface area contributed by atoms with Crippen LogP contribution in [0.15, 0.2) is 60.7 Å². The number of nitrogens with zero attached hydrogens (tertiary/aromatic N) is 4. The van der Waals surface area contributed by atoms with Crippen LogP contribution in [0.4, 0.5) is 11.5 Å². The zero-order valence-electron chi connectivity index (χ0n) is 14.4. The summed E-state index contributed by atoms with van der Waals surface area (Å²) in [7, 11) is 3.91. The number of nitro benzene ring substituents is 1. The van der Waals surface area contributed by atoms with E-state index in [-0.39, 0.29) is 5.69 Å². The third-order valence-electron chi connectivity index (χ3n) is 4.34. The van der Waals surface area contributed by atoms with Crippen LogP contribution in [-0.2, 0) is 0 Å². The summed E-state index contributed by atoms with van der Waals surface area (Å²) in [6.45, 7) is 0. The van der Waals surface area contributed by atoms with E-state index in [4.69, 9.17) is 9.97 Å². The SMILES string of the molecule is CN(C)c1ccc2c(-c3ccc([N+](=O)[O-])cc3)nc3ccccc3c2n1. The highest BCUT2D eigenvalue weighted by Gasteiger charge is 2.14. The van der Waals surface area contributed by atoms with Gasteiger partial charge in [0, 0.05) is 42.6 Å². The van der Waals surface area contributed by atoms with Crippen molar-refractivity contribution in [2.45, 2.75) is 0 Å². The van der Waals surface area contributed by atoms with Crippen LogP contribution in [0, 0.1) is 10.1 Å². The van der Waals surface area contributed by atoms with Crippen LogP contribution in [0.3, 0.4) is 0 Å². The van der Waals surface area contributed by atoms with Gasteiger partial charge in [-0.3, -0.25) is 10.1 Å². The smallest absolute Gasteiger partial charge is 0.269 e. The molecular formula is C20H16N4O2. The van der Waals surface area contributed by atoms with Crippen LogP contribution in [0.2, 0.25) is 0 Å². The van der Waals surface area contributed by atoms with Gasteiger partial charge in [0.25, 0.3) is 5.69 Å². The van der Waals surface area contributed by atoms with Gasteiger partial charge >= 0.3 is 0 Å². The molecule has 0 unspecified atom stereocenters. The number of rotatable bonds is 3. The van der Waals surface area contributed by atoms with Crippen molar-refractivity contribution in [1.29, 1.82) is 0 Å². The summed E-state index contributed by atoms with van der Waals surface area (Å²) in [6, 6.07) is 18.3. The molecule has 128 valence electrons. The molecule has 0 spiro atoms. The van der Waals surface area contributed by atoms with E-state index in [1.165, 1.54) is 12.1 Å². The molecule has 6 heteroatoms. The van der Waals surface area contributed by atoms with Crippen LogP contribution < -0.4 is 4.90 Å². The quantitative estimate of drug-likeness (QED) is 0.312. The second-order valence-electron chi connectivity index (χ2n) is 6.24. The maximum atomic E-state index is 10.9. The summed E-state index contributed by atoms with van der Waals surface area (Å²) >= 11 is 0. The minimum Gasteiger partial charge on any atom is -0.363 e. The summed E-state index contributed by atoms with van der Waals surface area (Å²) < 4.78 is 0. The standard InChI is InChI=1S/C20H16N4O2/c1-23(2)18-12-11-16-19(13-7-9-14(10-8-13)24(25)26)21-17-6-4-3-5-15(17)20(16)22-18/h3-12H,1-2H3. The Morgan fingerprint density at radius 2 is 1.62 bits per heavy atom. The van der Waals surface area contributed by atoms with Crippen molar-refractivity contribution in [3.8, 4) is 11.3 Å². The molecule has 0 N–H and O–H groups in total. The minimum absolute atomic E-state index is 0.0619. The summed E-state index contributed by atoms with van der Waals surface area (Å²) in [6.07, 6.45) is 0. The van der Waals surface area contributed by atoms with E-state index in [1.54, 1.807) is 12.1 Å². The summed E-state index contributed by atoms with van der Waals surface area (Å²) in [4.78, 5) is 22.1. The van der Waals surface area contributed by atoms with E-state index in [2.05, 4.69) is 0 Å². The highest BCUT2D eigenvalue weighted by atomic mass is 16.6. The predicted molar refractivity (Wildman–Crippen MR) is 103 cm³/mol. The van der Waals surface area contributed by atoms with Gasteiger partial charge in [-0.2, -0.15) is 0 Å². The summed E-state index contributed by atoms with van der Waals surface area (Å²) in [5.41, 5.74) is 3.37. The Hall–Kier alpha value is -3.54. The molecule has 0 saturated heterocycles. The van der Waals surface area contributed by atoms with Crippen LogP contribution in [0.25, 0.3) is 33.1 Å². The lowest BCUT2D eigenvalue weighted by molar-refractivity contribution is -0.384. The average Bonchev–Trinajstić information content (AvgIpc) is 2.67. The Balaban J connectivity index is 2.03. The fraction of sp³-hybridized carbons (Fsp3) is 0.100. The van der Waals surface area contributed by atoms with Crippen molar-refractivity contribution in [3.05, 3.63) is 70.8 Å². The number of para-hydroxylation sites is 1. The van der Waals surface area contributed by atoms with E-state index >= 15 is 0 Å². The zero-order chi connectivity index (χ0) is 18.3. The van der Waals surface area contributed by atoms with Gasteiger partial charge in [0.05, 0.1) is 21.7 Å². The predicted octanol–water partition coefficient (Wildman–Crippen LogP) is 4.42. The molecule has 4 aromatic rings. The molecule has 0 bridgehead atoms. The Labute approximate surface area is 149 Å². The van der Waals surface area contributed by atoms with Gasteiger partial charge in [0.2, 0.25) is 0 Å². The Bertz CT molecular complexity index is 1140. The van der Waals surface area contributed by atoms with Crippen LogP contribution in [0.1, 0.15) is 0 Å². The monoisotopic (exact) mass is 344 g/mol. The molecule has 4 rings (SSSR count). The number of aromatic nitrogens is 2. The first-order valence-corrected chi connectivity index (χ1v) is 8.16. The maximum Gasteiger partial charge on any atom is 0.269 e. The normalized spacial score (nSPS) is 11.0. The molecule has 0 aliphatic rings. The van der Waals surface area contributed by atoms with Gasteiger partial charge in [-0.1, -0.05) is 18.2 Å². The lowest BCUT2D eigenvalue weighted by Gasteiger charge is -2.14. The first kappa shape index (κ1) is 16.0. The van der Waals surface area contributed by atoms with Gasteiger partial charge in [-0.25, -0.2) is 9.97 Å². The molecule has 0 fully saturated rings. The number of fused-ring (bicyclic) bond motifs is 3. The molecular weight excluding hydrogens is 328 g/mol. The van der Waals surface area contributed by atoms with E-state index in [1.807, 2.05) is 55.4 Å². The van der Waals surface area contributed by atoms with Crippen molar-refractivity contribution in [3.63, 3.8) is 0 Å². The topological polar surface area (TPSA) is 72.2 Å². The first-order valence-electron chi connectivity index (χ1n) is 8.16. The molecule has 0 saturated carbocycles. The molecule has 2 aromatic heterocycles. The van der Waals surface area contributed by atoms with Gasteiger partial charge in [-0.15, -0.1) is 0 Å². The molecule has 2 aromatic carbocycles. The lowest BCUT2D eigenvalue weighted by Crippen LogP contribution is -2.10. The first-order chi connectivity index (χ1) is 12.5. The molecule has 0 amide bonds. The average molecular weight is 344 g/mol. The number of non-ortho nitro benzene ring substituents is 1. The van der Waals surface area contributed by atoms with Crippen molar-refractivity contribution < 1.29 is 4.92 Å². The largest absolute Gasteiger partial charge is 0.363 e. The van der Waals surface area contributed by atoms with Crippen LogP contribution >= 0.6 is 0 Å². The maximum absolute atomic E-state index is 10.9. The lowest BCUT2D eigenvalue weighted by atomic mass is 10.0. The van der Waals surface area contributed by atoms with E-state index < -0.39 is 4.92 Å². The van der Waals surface area contributed by atoms with Gasteiger partial charge in [-0.05, 0) is 30.3 Å². The van der Waals surface area contributed by atoms with Crippen molar-refractivity contribution >= 4 is 33.3 Å². The number of hydrogen-bond acceptors (Lipinski definition) is 5. The molecule has 0 aliphatic carbocycles. The fourth-order valence-electron chi connectivity index (χ4n) is 3.01. The molecule has 2 heterocycles. The molecule has 6 nitrogen and oxygen atoms in total. The van der Waals surface area contributed by atoms with Crippen molar-refractivity contribution in [2.24, 2.45) is 0 Å². The van der Waals surface area contributed by atoms with E-state index in [0.717, 1.165) is 38.9 Å². The number of hydrogen-bond donors (Lipinski definition) is 0. The van der Waals surface area contributed by atoms with E-state index in [0.29, 0.717) is 0 Å². The third-order valence-corrected chi connectivity index (χ3v) is 4.34. The Kier molecular flexibility index (Phi) is 3.73. The number of anilines is 1. The Morgan fingerprint density at radius 3 is 2.31 bits per heavy atom. The minimum atomic E-state index is -0.402. The summed E-state index contributed by atoms with van der Waals surface area (Å²) in [5.74, 6) is 0.864. The van der Waals surface area contributed by atoms with Crippen LogP contribution in [0.5, 0.6) is 0 Å². The van der Waals surface area contributed by atoms with Gasteiger partial charge < -0.3 is 4.90 Å². The number of benzene rings is 2. The van der Waals surface area contributed by atoms with Gasteiger partial charge in [0.1, 0.15) is 5.82 Å². The zero-order valence-corrected chi connectivity index (χ0v) is 14.4. The Morgan fingerprint density at radius 1 is 0.885 bits per heavy atom. The highest BCUT2D eigenvalue weighted by Crippen LogP contribution is 2.33. The van der Waals surface area contributed by atoms with Crippen molar-refractivity contribution in [2.75, 3.05) is 19.0 Å². The third kappa shape index (κ3) is 2.61. The van der Waals surface area contributed by atoms with Crippen LogP contribution in [-0.4, -0.2) is 29.0 Å². The number of pyridine rings is 2.